The number of halogens is 2. The monoisotopic (exact) mass is 293 g/mol. The second-order valence-electron chi connectivity index (χ2n) is 3.84. The zero-order valence-corrected chi connectivity index (χ0v) is 10.7. The maximum atomic E-state index is 13.0. The third-order valence-corrected chi connectivity index (χ3v) is 2.75. The van der Waals surface area contributed by atoms with Gasteiger partial charge >= 0.3 is 0 Å². The summed E-state index contributed by atoms with van der Waals surface area (Å²) in [5.74, 6) is -0.974. The van der Waals surface area contributed by atoms with Crippen molar-refractivity contribution in [1.82, 2.24) is 0 Å². The Balaban J connectivity index is 2.33. The highest BCUT2D eigenvalue weighted by Gasteiger charge is 2.05. The molecule has 0 N–H and O–H groups in total. The lowest BCUT2D eigenvalue weighted by Crippen LogP contribution is -1.98. The molecular formula is C13H7ClFN2O3-. The molecule has 0 heterocycles. The van der Waals surface area contributed by atoms with E-state index in [9.17, 15) is 19.6 Å². The quantitative estimate of drug-likeness (QED) is 0.495. The van der Waals surface area contributed by atoms with Crippen molar-refractivity contribution < 1.29 is 14.4 Å². The van der Waals surface area contributed by atoms with Crippen molar-refractivity contribution in [1.29, 1.82) is 0 Å². The maximum absolute atomic E-state index is 13.0. The Morgan fingerprint density at radius 2 is 2.00 bits per heavy atom. The number of non-ortho nitro benzene ring substituents is 1. The molecule has 0 aliphatic carbocycles. The molecule has 0 unspecified atom stereocenters. The molecule has 0 aliphatic rings. The molecule has 0 aromatic heterocycles. The van der Waals surface area contributed by atoms with Crippen LogP contribution in [-0.2, 0) is 0 Å². The van der Waals surface area contributed by atoms with Crippen LogP contribution in [0.4, 0.5) is 15.8 Å². The second-order valence-corrected chi connectivity index (χ2v) is 4.24. The topological polar surface area (TPSA) is 78.6 Å². The SMILES string of the molecule is O=[N+]([O-])c1ccc([O-])c(C=Nc2ccc(F)c(Cl)c2)c1. The lowest BCUT2D eigenvalue weighted by molar-refractivity contribution is -0.385. The summed E-state index contributed by atoms with van der Waals surface area (Å²) in [5.41, 5.74) is 0.199. The van der Waals surface area contributed by atoms with E-state index in [0.717, 1.165) is 24.3 Å². The molecule has 7 heteroatoms. The average molecular weight is 294 g/mol. The van der Waals surface area contributed by atoms with E-state index in [4.69, 9.17) is 11.6 Å². The van der Waals surface area contributed by atoms with Gasteiger partial charge in [0.25, 0.3) is 5.69 Å². The summed E-state index contributed by atoms with van der Waals surface area (Å²) < 4.78 is 13.0. The highest BCUT2D eigenvalue weighted by molar-refractivity contribution is 6.31. The number of rotatable bonds is 3. The van der Waals surface area contributed by atoms with E-state index >= 15 is 0 Å². The van der Waals surface area contributed by atoms with Crippen LogP contribution >= 0.6 is 11.6 Å². The van der Waals surface area contributed by atoms with Gasteiger partial charge in [-0.1, -0.05) is 23.4 Å². The van der Waals surface area contributed by atoms with E-state index in [1.165, 1.54) is 18.3 Å². The van der Waals surface area contributed by atoms with Crippen LogP contribution in [0.25, 0.3) is 0 Å². The number of aliphatic imine (C=N–C) groups is 1. The van der Waals surface area contributed by atoms with Crippen molar-refractivity contribution in [3.63, 3.8) is 0 Å². The Morgan fingerprint density at radius 3 is 2.65 bits per heavy atom. The number of nitrogens with zero attached hydrogens (tertiary/aromatic N) is 2. The maximum Gasteiger partial charge on any atom is 0.270 e. The number of hydrogen-bond donors (Lipinski definition) is 0. The zero-order chi connectivity index (χ0) is 14.7. The first-order valence-electron chi connectivity index (χ1n) is 5.42. The summed E-state index contributed by atoms with van der Waals surface area (Å²) in [6.45, 7) is 0. The first-order valence-corrected chi connectivity index (χ1v) is 5.80. The molecule has 5 nitrogen and oxygen atoms in total. The minimum atomic E-state index is -0.606. The molecule has 0 fully saturated rings. The van der Waals surface area contributed by atoms with E-state index < -0.39 is 16.5 Å². The Bertz CT molecular complexity index is 704. The minimum absolute atomic E-state index is 0.0691. The summed E-state index contributed by atoms with van der Waals surface area (Å²) >= 11 is 5.59. The van der Waals surface area contributed by atoms with Crippen LogP contribution in [0, 0.1) is 15.9 Å². The Hall–Kier alpha value is -2.47. The van der Waals surface area contributed by atoms with Crippen LogP contribution in [0.2, 0.25) is 5.02 Å². The van der Waals surface area contributed by atoms with Crippen LogP contribution in [-0.4, -0.2) is 11.1 Å². The van der Waals surface area contributed by atoms with Gasteiger partial charge in [0.15, 0.2) is 0 Å². The number of hydrogen-bond acceptors (Lipinski definition) is 4. The van der Waals surface area contributed by atoms with Gasteiger partial charge in [-0.25, -0.2) is 4.39 Å². The van der Waals surface area contributed by atoms with Gasteiger partial charge in [0.05, 0.1) is 15.6 Å². The molecule has 102 valence electrons. The minimum Gasteiger partial charge on any atom is -0.872 e. The number of benzene rings is 2. The predicted molar refractivity (Wildman–Crippen MR) is 71.2 cm³/mol. The summed E-state index contributed by atoms with van der Waals surface area (Å²) in [6, 6.07) is 7.14. The molecule has 0 bridgehead atoms. The Labute approximate surface area is 118 Å². The van der Waals surface area contributed by atoms with Crippen LogP contribution in [0.3, 0.4) is 0 Å². The summed E-state index contributed by atoms with van der Waals surface area (Å²) in [6.07, 6.45) is 1.18. The predicted octanol–water partition coefficient (Wildman–Crippen LogP) is 3.21. The highest BCUT2D eigenvalue weighted by Crippen LogP contribution is 2.23. The second kappa shape index (κ2) is 5.66. The number of nitro benzene ring substituents is 1. The van der Waals surface area contributed by atoms with Gasteiger partial charge < -0.3 is 5.11 Å². The van der Waals surface area contributed by atoms with Crippen molar-refractivity contribution in [2.75, 3.05) is 0 Å². The molecule has 0 aliphatic heterocycles. The van der Waals surface area contributed by atoms with Gasteiger partial charge in [0.1, 0.15) is 5.82 Å². The van der Waals surface area contributed by atoms with Crippen LogP contribution in [0.5, 0.6) is 5.75 Å². The molecular weight excluding hydrogens is 287 g/mol. The highest BCUT2D eigenvalue weighted by atomic mass is 35.5. The molecule has 20 heavy (non-hydrogen) atoms. The van der Waals surface area contributed by atoms with Crippen molar-refractivity contribution in [3.05, 3.63) is 62.9 Å². The number of nitro groups is 1. The third kappa shape index (κ3) is 3.10. The lowest BCUT2D eigenvalue weighted by atomic mass is 10.2. The molecule has 0 amide bonds. The Morgan fingerprint density at radius 1 is 1.25 bits per heavy atom. The van der Waals surface area contributed by atoms with Crippen molar-refractivity contribution in [3.8, 4) is 5.75 Å². The van der Waals surface area contributed by atoms with E-state index in [0.29, 0.717) is 5.69 Å². The first-order chi connectivity index (χ1) is 9.47. The standard InChI is InChI=1S/C13H8ClFN2O3/c14-11-6-9(1-3-12(11)15)16-7-8-5-10(17(19)20)2-4-13(8)18/h1-7,18H/p-1. The van der Waals surface area contributed by atoms with E-state index in [-0.39, 0.29) is 16.3 Å². The first kappa shape index (κ1) is 14.0. The van der Waals surface area contributed by atoms with Crippen LogP contribution < -0.4 is 5.11 Å². The normalized spacial score (nSPS) is 10.9. The van der Waals surface area contributed by atoms with Crippen molar-refractivity contribution >= 4 is 29.2 Å². The van der Waals surface area contributed by atoms with Crippen LogP contribution in [0.1, 0.15) is 5.56 Å². The van der Waals surface area contributed by atoms with Gasteiger partial charge in [0, 0.05) is 18.3 Å². The molecule has 0 saturated heterocycles. The Kier molecular flexibility index (Phi) is 3.95. The summed E-state index contributed by atoms with van der Waals surface area (Å²) in [4.78, 5) is 14.0. The van der Waals surface area contributed by atoms with E-state index in [1.54, 1.807) is 0 Å². The molecule has 2 aromatic carbocycles. The average Bonchev–Trinajstić information content (AvgIpc) is 2.41. The molecule has 2 aromatic rings. The van der Waals surface area contributed by atoms with Gasteiger partial charge in [0.2, 0.25) is 0 Å². The van der Waals surface area contributed by atoms with Crippen molar-refractivity contribution in [2.24, 2.45) is 4.99 Å². The largest absolute Gasteiger partial charge is 0.872 e. The third-order valence-electron chi connectivity index (χ3n) is 2.46. The smallest absolute Gasteiger partial charge is 0.270 e. The van der Waals surface area contributed by atoms with Gasteiger partial charge in [-0.2, -0.15) is 0 Å². The molecule has 2 rings (SSSR count). The molecule has 0 radical (unpaired) electrons. The fourth-order valence-corrected chi connectivity index (χ4v) is 1.63. The van der Waals surface area contributed by atoms with E-state index in [1.807, 2.05) is 0 Å². The summed E-state index contributed by atoms with van der Waals surface area (Å²) in [5, 5.41) is 22.1. The van der Waals surface area contributed by atoms with Crippen LogP contribution in [0.15, 0.2) is 41.4 Å². The lowest BCUT2D eigenvalue weighted by Gasteiger charge is -2.08. The molecule has 0 atom stereocenters. The molecule has 0 spiro atoms. The summed E-state index contributed by atoms with van der Waals surface area (Å²) in [7, 11) is 0. The fourth-order valence-electron chi connectivity index (χ4n) is 1.46. The van der Waals surface area contributed by atoms with Crippen molar-refractivity contribution in [2.45, 2.75) is 0 Å². The van der Waals surface area contributed by atoms with Gasteiger partial charge in [-0.15, -0.1) is 0 Å². The fraction of sp³-hybridized carbons (Fsp3) is 0. The van der Waals surface area contributed by atoms with Gasteiger partial charge in [-0.05, 0) is 23.8 Å². The zero-order valence-electron chi connectivity index (χ0n) is 9.92. The molecule has 0 saturated carbocycles. The van der Waals surface area contributed by atoms with E-state index in [2.05, 4.69) is 4.99 Å². The van der Waals surface area contributed by atoms with Gasteiger partial charge in [-0.3, -0.25) is 15.1 Å².